The Kier molecular flexibility index (Phi) is 7.46. The summed E-state index contributed by atoms with van der Waals surface area (Å²) < 4.78 is 44.2. The van der Waals surface area contributed by atoms with Crippen molar-refractivity contribution in [2.24, 2.45) is 0 Å². The van der Waals surface area contributed by atoms with E-state index in [2.05, 4.69) is 0 Å². The van der Waals surface area contributed by atoms with Gasteiger partial charge in [-0.05, 0) is 29.8 Å². The van der Waals surface area contributed by atoms with Crippen LogP contribution in [0.2, 0.25) is 0 Å². The van der Waals surface area contributed by atoms with Gasteiger partial charge < -0.3 is 9.64 Å². The lowest BCUT2D eigenvalue weighted by Gasteiger charge is -2.25. The van der Waals surface area contributed by atoms with Gasteiger partial charge in [0.2, 0.25) is 15.9 Å². The summed E-state index contributed by atoms with van der Waals surface area (Å²) >= 11 is 0. The predicted octanol–water partition coefficient (Wildman–Crippen LogP) is 2.12. The topological polar surface area (TPSA) is 66.9 Å². The highest BCUT2D eigenvalue weighted by molar-refractivity contribution is 7.89. The van der Waals surface area contributed by atoms with Gasteiger partial charge in [0.1, 0.15) is 5.82 Å². The van der Waals surface area contributed by atoms with Gasteiger partial charge in [-0.3, -0.25) is 4.79 Å². The Morgan fingerprint density at radius 1 is 1.07 bits per heavy atom. The number of benzene rings is 2. The van der Waals surface area contributed by atoms with Crippen LogP contribution in [0.15, 0.2) is 59.5 Å². The summed E-state index contributed by atoms with van der Waals surface area (Å²) in [5.74, 6) is -0.870. The summed E-state index contributed by atoms with van der Waals surface area (Å²) in [6.45, 7) is 0.714. The first kappa shape index (κ1) is 21.0. The minimum atomic E-state index is -3.89. The molecule has 0 aromatic heterocycles. The first-order valence-electron chi connectivity index (χ1n) is 8.37. The zero-order chi connectivity index (χ0) is 19.9. The van der Waals surface area contributed by atoms with Crippen molar-refractivity contribution in [1.82, 2.24) is 9.21 Å². The van der Waals surface area contributed by atoms with Gasteiger partial charge in [-0.15, -0.1) is 0 Å². The monoisotopic (exact) mass is 394 g/mol. The summed E-state index contributed by atoms with van der Waals surface area (Å²) in [5.41, 5.74) is 0.936. The highest BCUT2D eigenvalue weighted by Crippen LogP contribution is 2.15. The quantitative estimate of drug-likeness (QED) is 0.653. The maximum absolute atomic E-state index is 13.0. The summed E-state index contributed by atoms with van der Waals surface area (Å²) in [6, 6.07) is 13.9. The number of likely N-dealkylation sites (N-methyl/N-ethyl adjacent to an activating group) is 1. The zero-order valence-corrected chi connectivity index (χ0v) is 16.2. The van der Waals surface area contributed by atoms with Crippen LogP contribution in [0.25, 0.3) is 0 Å². The summed E-state index contributed by atoms with van der Waals surface area (Å²) in [5, 5.41) is 0. The molecule has 2 rings (SSSR count). The van der Waals surface area contributed by atoms with E-state index in [1.165, 1.54) is 26.3 Å². The number of halogens is 1. The molecule has 0 N–H and O–H groups in total. The van der Waals surface area contributed by atoms with E-state index in [0.717, 1.165) is 22.0 Å². The molecule has 0 saturated carbocycles. The number of hydrogen-bond acceptors (Lipinski definition) is 4. The molecule has 0 heterocycles. The molecule has 0 atom stereocenters. The summed E-state index contributed by atoms with van der Waals surface area (Å²) in [6.07, 6.45) is 0. The van der Waals surface area contributed by atoms with Gasteiger partial charge in [0, 0.05) is 27.2 Å². The highest BCUT2D eigenvalue weighted by Gasteiger charge is 2.25. The molecule has 0 saturated heterocycles. The Hall–Kier alpha value is -2.29. The van der Waals surface area contributed by atoms with Gasteiger partial charge in [-0.1, -0.05) is 30.3 Å². The van der Waals surface area contributed by atoms with Crippen molar-refractivity contribution in [2.45, 2.75) is 11.4 Å². The van der Waals surface area contributed by atoms with Crippen molar-refractivity contribution in [1.29, 1.82) is 0 Å². The molecule has 0 aliphatic heterocycles. The minimum absolute atomic E-state index is 0.0642. The zero-order valence-electron chi connectivity index (χ0n) is 15.3. The Balaban J connectivity index is 2.11. The number of ether oxygens (including phenoxy) is 1. The molecular weight excluding hydrogens is 371 g/mol. The Morgan fingerprint density at radius 3 is 2.30 bits per heavy atom. The molecule has 2 aromatic carbocycles. The van der Waals surface area contributed by atoms with E-state index in [1.54, 1.807) is 4.90 Å². The first-order valence-corrected chi connectivity index (χ1v) is 9.81. The van der Waals surface area contributed by atoms with E-state index < -0.39 is 15.8 Å². The van der Waals surface area contributed by atoms with Crippen molar-refractivity contribution >= 4 is 15.9 Å². The van der Waals surface area contributed by atoms with Crippen molar-refractivity contribution in [3.63, 3.8) is 0 Å². The second kappa shape index (κ2) is 9.59. The number of sulfonamides is 1. The average molecular weight is 394 g/mol. The van der Waals surface area contributed by atoms with E-state index in [9.17, 15) is 17.6 Å². The largest absolute Gasteiger partial charge is 0.383 e. The van der Waals surface area contributed by atoms with Gasteiger partial charge in [0.05, 0.1) is 18.0 Å². The molecule has 6 nitrogen and oxygen atoms in total. The molecular formula is C19H23FN2O4S. The number of carbonyl (C=O) groups excluding carboxylic acids is 1. The van der Waals surface area contributed by atoms with Crippen LogP contribution in [-0.4, -0.2) is 57.4 Å². The second-order valence-corrected chi connectivity index (χ2v) is 8.05. The number of methoxy groups -OCH3 is 1. The molecule has 0 aliphatic rings. The van der Waals surface area contributed by atoms with Crippen LogP contribution in [0.5, 0.6) is 0 Å². The van der Waals surface area contributed by atoms with Crippen LogP contribution in [-0.2, 0) is 26.1 Å². The molecule has 2 aromatic rings. The van der Waals surface area contributed by atoms with Crippen LogP contribution < -0.4 is 0 Å². The lowest BCUT2D eigenvalue weighted by molar-refractivity contribution is -0.132. The molecule has 0 aliphatic carbocycles. The first-order chi connectivity index (χ1) is 12.8. The van der Waals surface area contributed by atoms with Gasteiger partial charge in [0.25, 0.3) is 0 Å². The predicted molar refractivity (Wildman–Crippen MR) is 100.0 cm³/mol. The Labute approximate surface area is 159 Å². The molecule has 0 fully saturated rings. The lowest BCUT2D eigenvalue weighted by atomic mass is 10.2. The molecule has 27 heavy (non-hydrogen) atoms. The smallest absolute Gasteiger partial charge is 0.243 e. The van der Waals surface area contributed by atoms with E-state index in [1.807, 2.05) is 30.3 Å². The third kappa shape index (κ3) is 5.85. The van der Waals surface area contributed by atoms with Crippen molar-refractivity contribution in [3.05, 3.63) is 66.0 Å². The second-order valence-electron chi connectivity index (χ2n) is 6.01. The fourth-order valence-electron chi connectivity index (χ4n) is 2.46. The SMILES string of the molecule is COCCN(Cc1ccccc1)C(=O)CN(C)S(=O)(=O)c1ccc(F)cc1. The fraction of sp³-hybridized carbons (Fsp3) is 0.316. The van der Waals surface area contributed by atoms with Gasteiger partial charge in [-0.25, -0.2) is 12.8 Å². The molecule has 0 unspecified atom stereocenters. The summed E-state index contributed by atoms with van der Waals surface area (Å²) in [4.78, 5) is 14.2. The van der Waals surface area contributed by atoms with Crippen LogP contribution in [0.3, 0.4) is 0 Å². The van der Waals surface area contributed by atoms with E-state index in [-0.39, 0.29) is 17.3 Å². The Morgan fingerprint density at radius 2 is 1.70 bits per heavy atom. The van der Waals surface area contributed by atoms with Crippen LogP contribution in [0.4, 0.5) is 4.39 Å². The van der Waals surface area contributed by atoms with Gasteiger partial charge in [-0.2, -0.15) is 4.31 Å². The van der Waals surface area contributed by atoms with Crippen molar-refractivity contribution in [2.75, 3.05) is 33.9 Å². The number of amides is 1. The molecule has 0 spiro atoms. The fourth-order valence-corrected chi connectivity index (χ4v) is 3.58. The standard InChI is InChI=1S/C19H23FN2O4S/c1-21(27(24,25)18-10-8-17(20)9-11-18)15-19(23)22(12-13-26-2)14-16-6-4-3-5-7-16/h3-11H,12-15H2,1-2H3. The van der Waals surface area contributed by atoms with E-state index in [0.29, 0.717) is 19.7 Å². The number of nitrogens with zero attached hydrogens (tertiary/aromatic N) is 2. The maximum Gasteiger partial charge on any atom is 0.243 e. The molecule has 0 bridgehead atoms. The maximum atomic E-state index is 13.0. The van der Waals surface area contributed by atoms with Gasteiger partial charge >= 0.3 is 0 Å². The van der Waals surface area contributed by atoms with Crippen LogP contribution >= 0.6 is 0 Å². The number of carbonyl (C=O) groups is 1. The van der Waals surface area contributed by atoms with Gasteiger partial charge in [0.15, 0.2) is 0 Å². The van der Waals surface area contributed by atoms with Crippen molar-refractivity contribution < 1.29 is 22.3 Å². The van der Waals surface area contributed by atoms with E-state index in [4.69, 9.17) is 4.74 Å². The molecule has 146 valence electrons. The average Bonchev–Trinajstić information content (AvgIpc) is 2.66. The normalized spacial score (nSPS) is 11.6. The van der Waals surface area contributed by atoms with Crippen molar-refractivity contribution in [3.8, 4) is 0 Å². The number of hydrogen-bond donors (Lipinski definition) is 0. The van der Waals surface area contributed by atoms with Crippen LogP contribution in [0, 0.1) is 5.82 Å². The summed E-state index contributed by atoms with van der Waals surface area (Å²) in [7, 11) is -1.02. The Bertz CT molecular complexity index is 842. The lowest BCUT2D eigenvalue weighted by Crippen LogP contribution is -2.42. The van der Waals surface area contributed by atoms with Crippen LogP contribution in [0.1, 0.15) is 5.56 Å². The highest BCUT2D eigenvalue weighted by atomic mass is 32.2. The molecule has 1 amide bonds. The van der Waals surface area contributed by atoms with E-state index >= 15 is 0 Å². The third-order valence-corrected chi connectivity index (χ3v) is 5.83. The minimum Gasteiger partial charge on any atom is -0.383 e. The molecule has 0 radical (unpaired) electrons. The third-order valence-electron chi connectivity index (χ3n) is 4.01. The number of rotatable bonds is 9. The molecule has 8 heteroatoms.